The molecule has 0 amide bonds. The first kappa shape index (κ1) is 9.84. The van der Waals surface area contributed by atoms with E-state index >= 15 is 0 Å². The highest BCUT2D eigenvalue weighted by atomic mass is 16.3. The fraction of sp³-hybridized carbons (Fsp3) is 1.00. The van der Waals surface area contributed by atoms with Crippen molar-refractivity contribution in [3.05, 3.63) is 0 Å². The standard InChI is InChI=1S/C6H17N3O/c1-3-4-8(2)9(7)5-6-10/h10H,3-7H2,1-2H3. The number of hydrazine groups is 2. The molecular formula is C6H17N3O. The maximum absolute atomic E-state index is 8.51. The van der Waals surface area contributed by atoms with Gasteiger partial charge in [-0.05, 0) is 6.42 Å². The molecule has 62 valence electrons. The highest BCUT2D eigenvalue weighted by Gasteiger charge is 2.02. The summed E-state index contributed by atoms with van der Waals surface area (Å²) < 4.78 is 0. The Morgan fingerprint density at radius 1 is 1.40 bits per heavy atom. The second kappa shape index (κ2) is 5.61. The number of hydrogen-bond donors (Lipinski definition) is 2. The third-order valence-electron chi connectivity index (χ3n) is 1.31. The minimum absolute atomic E-state index is 0.102. The molecule has 0 aliphatic heterocycles. The van der Waals surface area contributed by atoms with Crippen LogP contribution in [0.15, 0.2) is 0 Å². The first-order chi connectivity index (χ1) is 4.72. The normalized spacial score (nSPS) is 11.4. The zero-order chi connectivity index (χ0) is 7.98. The third-order valence-corrected chi connectivity index (χ3v) is 1.31. The average Bonchev–Trinajstić information content (AvgIpc) is 1.89. The van der Waals surface area contributed by atoms with Crippen molar-refractivity contribution < 1.29 is 5.11 Å². The number of nitrogens with zero attached hydrogens (tertiary/aromatic N) is 2. The number of nitrogens with two attached hydrogens (primary N) is 1. The number of aliphatic hydroxyl groups is 1. The Kier molecular flexibility index (Phi) is 5.52. The molecule has 0 saturated carbocycles. The molecule has 0 heterocycles. The van der Waals surface area contributed by atoms with E-state index in [0.717, 1.165) is 13.0 Å². The molecule has 0 spiro atoms. The van der Waals surface area contributed by atoms with Gasteiger partial charge in [-0.2, -0.15) is 5.12 Å². The van der Waals surface area contributed by atoms with Gasteiger partial charge in [0, 0.05) is 13.6 Å². The lowest BCUT2D eigenvalue weighted by Crippen LogP contribution is -2.46. The van der Waals surface area contributed by atoms with Crippen molar-refractivity contribution in [3.63, 3.8) is 0 Å². The van der Waals surface area contributed by atoms with E-state index in [1.165, 1.54) is 5.12 Å². The molecular weight excluding hydrogens is 130 g/mol. The molecule has 0 aliphatic rings. The second-order valence-corrected chi connectivity index (χ2v) is 2.27. The predicted molar refractivity (Wildman–Crippen MR) is 40.9 cm³/mol. The van der Waals surface area contributed by atoms with Crippen LogP contribution >= 0.6 is 0 Å². The summed E-state index contributed by atoms with van der Waals surface area (Å²) in [6.07, 6.45) is 1.07. The summed E-state index contributed by atoms with van der Waals surface area (Å²) in [5, 5.41) is 11.9. The summed E-state index contributed by atoms with van der Waals surface area (Å²) in [6, 6.07) is 0. The van der Waals surface area contributed by atoms with Crippen molar-refractivity contribution in [1.82, 2.24) is 10.1 Å². The van der Waals surface area contributed by atoms with Crippen LogP contribution in [-0.2, 0) is 0 Å². The van der Waals surface area contributed by atoms with Crippen molar-refractivity contribution >= 4 is 0 Å². The Bertz CT molecular complexity index is 69.4. The third kappa shape index (κ3) is 3.79. The maximum atomic E-state index is 8.51. The van der Waals surface area contributed by atoms with Gasteiger partial charge in [0.15, 0.2) is 0 Å². The van der Waals surface area contributed by atoms with Gasteiger partial charge in [-0.25, -0.2) is 5.01 Å². The van der Waals surface area contributed by atoms with Gasteiger partial charge in [-0.3, -0.25) is 5.84 Å². The summed E-state index contributed by atoms with van der Waals surface area (Å²) in [4.78, 5) is 0. The first-order valence-corrected chi connectivity index (χ1v) is 3.56. The monoisotopic (exact) mass is 147 g/mol. The molecule has 0 rings (SSSR count). The van der Waals surface area contributed by atoms with E-state index in [-0.39, 0.29) is 6.61 Å². The van der Waals surface area contributed by atoms with Crippen molar-refractivity contribution in [3.8, 4) is 0 Å². The molecule has 0 radical (unpaired) electrons. The molecule has 0 aromatic carbocycles. The fourth-order valence-electron chi connectivity index (χ4n) is 0.725. The molecule has 0 unspecified atom stereocenters. The number of aliphatic hydroxyl groups excluding tert-OH is 1. The van der Waals surface area contributed by atoms with Gasteiger partial charge < -0.3 is 5.11 Å². The lowest BCUT2D eigenvalue weighted by Gasteiger charge is -2.26. The van der Waals surface area contributed by atoms with E-state index in [2.05, 4.69) is 6.92 Å². The molecule has 3 N–H and O–H groups in total. The Morgan fingerprint density at radius 2 is 2.00 bits per heavy atom. The van der Waals surface area contributed by atoms with E-state index in [1.807, 2.05) is 12.1 Å². The quantitative estimate of drug-likeness (QED) is 0.403. The lowest BCUT2D eigenvalue weighted by molar-refractivity contribution is -0.0138. The van der Waals surface area contributed by atoms with E-state index in [0.29, 0.717) is 6.54 Å². The van der Waals surface area contributed by atoms with E-state index in [9.17, 15) is 0 Å². The van der Waals surface area contributed by atoms with Crippen molar-refractivity contribution in [2.24, 2.45) is 5.84 Å². The van der Waals surface area contributed by atoms with Crippen LogP contribution in [0.3, 0.4) is 0 Å². The average molecular weight is 147 g/mol. The molecule has 0 saturated heterocycles. The maximum Gasteiger partial charge on any atom is 0.0587 e. The zero-order valence-corrected chi connectivity index (χ0v) is 6.75. The van der Waals surface area contributed by atoms with Gasteiger partial charge in [0.1, 0.15) is 0 Å². The molecule has 4 nitrogen and oxygen atoms in total. The lowest BCUT2D eigenvalue weighted by atomic mass is 10.5. The van der Waals surface area contributed by atoms with Crippen LogP contribution in [0.5, 0.6) is 0 Å². The number of hydrogen-bond acceptors (Lipinski definition) is 4. The highest BCUT2D eigenvalue weighted by molar-refractivity contribution is 4.43. The van der Waals surface area contributed by atoms with Crippen LogP contribution in [0, 0.1) is 0 Å². The van der Waals surface area contributed by atoms with Gasteiger partial charge in [0.05, 0.1) is 13.2 Å². The topological polar surface area (TPSA) is 52.7 Å². The van der Waals surface area contributed by atoms with Gasteiger partial charge in [0.2, 0.25) is 0 Å². The summed E-state index contributed by atoms with van der Waals surface area (Å²) in [5.74, 6) is 5.51. The molecule has 4 heteroatoms. The predicted octanol–water partition coefficient (Wildman–Crippen LogP) is -0.589. The SMILES string of the molecule is CCCN(C)N(N)CCO. The fourth-order valence-corrected chi connectivity index (χ4v) is 0.725. The van der Waals surface area contributed by atoms with Gasteiger partial charge in [-0.1, -0.05) is 6.92 Å². The highest BCUT2D eigenvalue weighted by Crippen LogP contribution is 1.87. The molecule has 0 fully saturated rings. The second-order valence-electron chi connectivity index (χ2n) is 2.27. The zero-order valence-electron chi connectivity index (χ0n) is 6.75. The van der Waals surface area contributed by atoms with Crippen molar-refractivity contribution in [2.75, 3.05) is 26.7 Å². The Labute approximate surface area is 62.2 Å². The Balaban J connectivity index is 3.38. The first-order valence-electron chi connectivity index (χ1n) is 3.56. The van der Waals surface area contributed by atoms with Crippen LogP contribution in [-0.4, -0.2) is 42.0 Å². The molecule has 0 aliphatic carbocycles. The van der Waals surface area contributed by atoms with Crippen LogP contribution in [0.1, 0.15) is 13.3 Å². The van der Waals surface area contributed by atoms with Gasteiger partial charge in [-0.15, -0.1) is 0 Å². The number of rotatable bonds is 5. The molecule has 0 atom stereocenters. The van der Waals surface area contributed by atoms with Crippen LogP contribution in [0.4, 0.5) is 0 Å². The smallest absolute Gasteiger partial charge is 0.0587 e. The molecule has 0 aromatic rings. The van der Waals surface area contributed by atoms with Crippen molar-refractivity contribution in [1.29, 1.82) is 0 Å². The van der Waals surface area contributed by atoms with E-state index in [1.54, 1.807) is 0 Å². The van der Waals surface area contributed by atoms with E-state index < -0.39 is 0 Å². The van der Waals surface area contributed by atoms with Gasteiger partial charge >= 0.3 is 0 Å². The summed E-state index contributed by atoms with van der Waals surface area (Å²) in [7, 11) is 1.90. The minimum Gasteiger partial charge on any atom is -0.395 e. The summed E-state index contributed by atoms with van der Waals surface area (Å²) >= 11 is 0. The molecule has 0 aromatic heterocycles. The molecule has 0 bridgehead atoms. The Morgan fingerprint density at radius 3 is 2.40 bits per heavy atom. The Hall–Kier alpha value is -0.160. The van der Waals surface area contributed by atoms with Crippen molar-refractivity contribution in [2.45, 2.75) is 13.3 Å². The van der Waals surface area contributed by atoms with Crippen LogP contribution in [0.2, 0.25) is 0 Å². The summed E-state index contributed by atoms with van der Waals surface area (Å²) in [6.45, 7) is 3.61. The largest absolute Gasteiger partial charge is 0.395 e. The van der Waals surface area contributed by atoms with Crippen LogP contribution in [0.25, 0.3) is 0 Å². The molecule has 10 heavy (non-hydrogen) atoms. The minimum atomic E-state index is 0.102. The van der Waals surface area contributed by atoms with Crippen LogP contribution < -0.4 is 5.84 Å². The summed E-state index contributed by atoms with van der Waals surface area (Å²) in [5.41, 5.74) is 0. The van der Waals surface area contributed by atoms with Gasteiger partial charge in [0.25, 0.3) is 0 Å². The van der Waals surface area contributed by atoms with E-state index in [4.69, 9.17) is 10.9 Å².